The number of ketones is 1. The number of rotatable bonds is 11. The number of benzene rings is 2. The summed E-state index contributed by atoms with van der Waals surface area (Å²) < 4.78 is 18.6. The highest BCUT2D eigenvalue weighted by molar-refractivity contribution is 7.99. The van der Waals surface area contributed by atoms with E-state index in [1.165, 1.54) is 0 Å². The molecule has 1 heterocycles. The number of carbonyl (C=O) groups excluding carboxylic acids is 1. The van der Waals surface area contributed by atoms with E-state index in [1.807, 2.05) is 48.5 Å². The van der Waals surface area contributed by atoms with Crippen molar-refractivity contribution in [2.75, 3.05) is 12.4 Å². The normalized spacial score (nSPS) is 23.9. The lowest BCUT2D eigenvalue weighted by Crippen LogP contribution is -2.34. The standard InChI is InChI=1S/C24H30O4S/c1-3-29-24-21(14-18(2)25)23(27-16-20-12-8-5-9-13-20)22(28-24)17-26-15-19-10-6-4-7-11-19/h4-13,21-24H,3,14-17H2,1-2H3/t21-,22+,23+,24+/m0/s1. The van der Waals surface area contributed by atoms with E-state index in [4.69, 9.17) is 14.2 Å². The maximum absolute atomic E-state index is 11.9. The Morgan fingerprint density at radius 1 is 1.00 bits per heavy atom. The Morgan fingerprint density at radius 3 is 2.21 bits per heavy atom. The van der Waals surface area contributed by atoms with Crippen LogP contribution in [0.5, 0.6) is 0 Å². The van der Waals surface area contributed by atoms with Gasteiger partial charge in [0.25, 0.3) is 0 Å². The minimum absolute atomic E-state index is 0.0338. The van der Waals surface area contributed by atoms with Crippen LogP contribution >= 0.6 is 11.8 Å². The van der Waals surface area contributed by atoms with E-state index in [1.54, 1.807) is 18.7 Å². The summed E-state index contributed by atoms with van der Waals surface area (Å²) in [5, 5.41) is 0. The van der Waals surface area contributed by atoms with Gasteiger partial charge in [-0.3, -0.25) is 0 Å². The average Bonchev–Trinajstić information content (AvgIpc) is 3.04. The third-order valence-electron chi connectivity index (χ3n) is 4.98. The minimum atomic E-state index is -0.184. The minimum Gasteiger partial charge on any atom is -0.374 e. The van der Waals surface area contributed by atoms with Crippen molar-refractivity contribution in [3.05, 3.63) is 71.8 Å². The molecule has 1 aliphatic heterocycles. The topological polar surface area (TPSA) is 44.8 Å². The Labute approximate surface area is 177 Å². The van der Waals surface area contributed by atoms with Gasteiger partial charge < -0.3 is 19.0 Å². The summed E-state index contributed by atoms with van der Waals surface area (Å²) >= 11 is 1.74. The monoisotopic (exact) mass is 414 g/mol. The van der Waals surface area contributed by atoms with Crippen molar-refractivity contribution in [1.82, 2.24) is 0 Å². The fraction of sp³-hybridized carbons (Fsp3) is 0.458. The highest BCUT2D eigenvalue weighted by Gasteiger charge is 2.45. The first-order chi connectivity index (χ1) is 14.2. The molecular formula is C24H30O4S. The summed E-state index contributed by atoms with van der Waals surface area (Å²) in [7, 11) is 0. The molecule has 0 bridgehead atoms. The van der Waals surface area contributed by atoms with Crippen molar-refractivity contribution in [1.29, 1.82) is 0 Å². The highest BCUT2D eigenvalue weighted by atomic mass is 32.2. The molecule has 0 saturated carbocycles. The van der Waals surface area contributed by atoms with Gasteiger partial charge in [0.15, 0.2) is 0 Å². The van der Waals surface area contributed by atoms with Gasteiger partial charge in [0.05, 0.1) is 25.9 Å². The molecule has 5 heteroatoms. The molecule has 0 N–H and O–H groups in total. The van der Waals surface area contributed by atoms with Crippen LogP contribution in [-0.4, -0.2) is 35.8 Å². The summed E-state index contributed by atoms with van der Waals surface area (Å²) in [6, 6.07) is 20.2. The molecule has 29 heavy (non-hydrogen) atoms. The molecule has 156 valence electrons. The zero-order valence-corrected chi connectivity index (χ0v) is 18.0. The number of hydrogen-bond donors (Lipinski definition) is 0. The van der Waals surface area contributed by atoms with Crippen LogP contribution in [-0.2, 0) is 32.2 Å². The zero-order chi connectivity index (χ0) is 20.5. The maximum atomic E-state index is 11.9. The fourth-order valence-corrected chi connectivity index (χ4v) is 4.70. The van der Waals surface area contributed by atoms with Crippen LogP contribution in [0.4, 0.5) is 0 Å². The van der Waals surface area contributed by atoms with Crippen molar-refractivity contribution in [2.45, 2.75) is 51.1 Å². The molecule has 0 spiro atoms. The second-order valence-electron chi connectivity index (χ2n) is 7.33. The molecule has 4 atom stereocenters. The first kappa shape index (κ1) is 22.0. The van der Waals surface area contributed by atoms with Gasteiger partial charge in [-0.05, 0) is 23.8 Å². The molecule has 0 aromatic heterocycles. The zero-order valence-electron chi connectivity index (χ0n) is 17.2. The summed E-state index contributed by atoms with van der Waals surface area (Å²) in [4.78, 5) is 11.9. The molecule has 1 saturated heterocycles. The quantitative estimate of drug-likeness (QED) is 0.525. The SMILES string of the molecule is CCS[C@H]1O[C@H](COCc2ccccc2)[C@H](OCc2ccccc2)[C@@H]1CC(C)=O. The summed E-state index contributed by atoms with van der Waals surface area (Å²) in [6.07, 6.45) is 0.113. The van der Waals surface area contributed by atoms with Crippen molar-refractivity contribution in [2.24, 2.45) is 5.92 Å². The van der Waals surface area contributed by atoms with Crippen LogP contribution < -0.4 is 0 Å². The third kappa shape index (κ3) is 6.68. The Balaban J connectivity index is 1.67. The molecule has 4 nitrogen and oxygen atoms in total. The molecule has 0 radical (unpaired) electrons. The van der Waals surface area contributed by atoms with E-state index in [0.29, 0.717) is 26.2 Å². The lowest BCUT2D eigenvalue weighted by Gasteiger charge is -2.24. The number of carbonyl (C=O) groups is 1. The van der Waals surface area contributed by atoms with Gasteiger partial charge in [0.2, 0.25) is 0 Å². The second-order valence-corrected chi connectivity index (χ2v) is 8.71. The van der Waals surface area contributed by atoms with Gasteiger partial charge in [-0.25, -0.2) is 0 Å². The van der Waals surface area contributed by atoms with Crippen LogP contribution in [0.1, 0.15) is 31.4 Å². The molecule has 0 amide bonds. The highest BCUT2D eigenvalue weighted by Crippen LogP contribution is 2.38. The first-order valence-electron chi connectivity index (χ1n) is 10.2. The van der Waals surface area contributed by atoms with E-state index in [0.717, 1.165) is 16.9 Å². The van der Waals surface area contributed by atoms with Gasteiger partial charge in [-0.15, -0.1) is 11.8 Å². The molecule has 2 aromatic rings. The summed E-state index contributed by atoms with van der Waals surface area (Å²) in [5.41, 5.74) is 2.20. The van der Waals surface area contributed by atoms with E-state index < -0.39 is 0 Å². The Bertz CT molecular complexity index is 737. The van der Waals surface area contributed by atoms with Crippen LogP contribution in [0.25, 0.3) is 0 Å². The lowest BCUT2D eigenvalue weighted by atomic mass is 9.96. The first-order valence-corrected chi connectivity index (χ1v) is 11.3. The molecular weight excluding hydrogens is 384 g/mol. The predicted octanol–water partition coefficient (Wildman–Crippen LogP) is 4.86. The number of hydrogen-bond acceptors (Lipinski definition) is 5. The van der Waals surface area contributed by atoms with Gasteiger partial charge in [0, 0.05) is 12.3 Å². The van der Waals surface area contributed by atoms with Crippen LogP contribution in [0, 0.1) is 5.92 Å². The van der Waals surface area contributed by atoms with Crippen LogP contribution in [0.3, 0.4) is 0 Å². The van der Waals surface area contributed by atoms with Crippen molar-refractivity contribution < 1.29 is 19.0 Å². The second kappa shape index (κ2) is 11.5. The Kier molecular flexibility index (Phi) is 8.74. The van der Waals surface area contributed by atoms with Crippen molar-refractivity contribution in [3.8, 4) is 0 Å². The predicted molar refractivity (Wildman–Crippen MR) is 117 cm³/mol. The molecule has 0 unspecified atom stereocenters. The lowest BCUT2D eigenvalue weighted by molar-refractivity contribution is -0.119. The van der Waals surface area contributed by atoms with Crippen molar-refractivity contribution in [3.63, 3.8) is 0 Å². The smallest absolute Gasteiger partial charge is 0.130 e. The van der Waals surface area contributed by atoms with Gasteiger partial charge in [-0.2, -0.15) is 0 Å². The Hall–Kier alpha value is -1.66. The fourth-order valence-electron chi connectivity index (χ4n) is 3.65. The number of ether oxygens (including phenoxy) is 3. The van der Waals surface area contributed by atoms with Crippen LogP contribution in [0.15, 0.2) is 60.7 Å². The van der Waals surface area contributed by atoms with E-state index in [-0.39, 0.29) is 29.3 Å². The molecule has 2 aromatic carbocycles. The number of thioether (sulfide) groups is 1. The molecule has 1 fully saturated rings. The van der Waals surface area contributed by atoms with Crippen LogP contribution in [0.2, 0.25) is 0 Å². The molecule has 3 rings (SSSR count). The average molecular weight is 415 g/mol. The third-order valence-corrected chi connectivity index (χ3v) is 6.10. The van der Waals surface area contributed by atoms with E-state index >= 15 is 0 Å². The molecule has 0 aliphatic carbocycles. The molecule has 1 aliphatic rings. The number of Topliss-reactive ketones (excluding diaryl/α,β-unsaturated/α-hetero) is 1. The Morgan fingerprint density at radius 2 is 1.62 bits per heavy atom. The summed E-state index contributed by atoms with van der Waals surface area (Å²) in [5.74, 6) is 1.13. The summed E-state index contributed by atoms with van der Waals surface area (Å²) in [6.45, 7) is 5.24. The van der Waals surface area contributed by atoms with Gasteiger partial charge >= 0.3 is 0 Å². The largest absolute Gasteiger partial charge is 0.374 e. The maximum Gasteiger partial charge on any atom is 0.130 e. The van der Waals surface area contributed by atoms with Gasteiger partial charge in [0.1, 0.15) is 17.3 Å². The van der Waals surface area contributed by atoms with E-state index in [9.17, 15) is 4.79 Å². The van der Waals surface area contributed by atoms with Gasteiger partial charge in [-0.1, -0.05) is 67.6 Å². The van der Waals surface area contributed by atoms with E-state index in [2.05, 4.69) is 19.1 Å². The van der Waals surface area contributed by atoms with Crippen molar-refractivity contribution >= 4 is 17.5 Å².